The Morgan fingerprint density at radius 2 is 2.47 bits per heavy atom. The Balaban J connectivity index is 2.23. The monoisotopic (exact) mass is 222 g/mol. The summed E-state index contributed by atoms with van der Waals surface area (Å²) in [6.07, 6.45) is 1.57. The predicted octanol–water partition coefficient (Wildman–Crippen LogP) is 2.00. The van der Waals surface area contributed by atoms with Crippen molar-refractivity contribution in [3.8, 4) is 0 Å². The molecule has 78 valence electrons. The van der Waals surface area contributed by atoms with Gasteiger partial charge < -0.3 is 5.11 Å². The number of aryl methyl sites for hydroxylation is 1. The molecule has 0 spiro atoms. The lowest BCUT2D eigenvalue weighted by Crippen LogP contribution is -1.98. The first-order valence-corrected chi connectivity index (χ1v) is 5.34. The molecule has 0 fully saturated rings. The Kier molecular flexibility index (Phi) is 2.55. The van der Waals surface area contributed by atoms with Crippen LogP contribution in [0.2, 0.25) is 0 Å². The van der Waals surface area contributed by atoms with Gasteiger partial charge in [0.2, 0.25) is 0 Å². The van der Waals surface area contributed by atoms with Crippen molar-refractivity contribution in [1.82, 2.24) is 9.78 Å². The van der Waals surface area contributed by atoms with E-state index in [1.54, 1.807) is 29.1 Å². The van der Waals surface area contributed by atoms with Gasteiger partial charge >= 0.3 is 5.97 Å². The molecule has 4 nitrogen and oxygen atoms in total. The van der Waals surface area contributed by atoms with Crippen LogP contribution in [0.5, 0.6) is 0 Å². The summed E-state index contributed by atoms with van der Waals surface area (Å²) < 4.78 is 1.66. The van der Waals surface area contributed by atoms with E-state index in [4.69, 9.17) is 5.11 Å². The molecule has 2 rings (SSSR count). The first kappa shape index (κ1) is 9.92. The molecule has 5 heteroatoms. The Morgan fingerprint density at radius 3 is 3.00 bits per heavy atom. The van der Waals surface area contributed by atoms with Crippen LogP contribution in [0.3, 0.4) is 0 Å². The van der Waals surface area contributed by atoms with Gasteiger partial charge in [0.05, 0.1) is 12.2 Å². The molecule has 0 aromatic carbocycles. The van der Waals surface area contributed by atoms with Gasteiger partial charge in [0.25, 0.3) is 0 Å². The minimum Gasteiger partial charge on any atom is -0.478 e. The number of thiophene rings is 1. The molecule has 0 bridgehead atoms. The summed E-state index contributed by atoms with van der Waals surface area (Å²) in [7, 11) is 0. The van der Waals surface area contributed by atoms with Gasteiger partial charge in [0, 0.05) is 11.1 Å². The maximum atomic E-state index is 10.8. The molecule has 2 aromatic rings. The largest absolute Gasteiger partial charge is 0.478 e. The van der Waals surface area contributed by atoms with E-state index in [9.17, 15) is 4.79 Å². The summed E-state index contributed by atoms with van der Waals surface area (Å²) in [4.78, 5) is 11.9. The van der Waals surface area contributed by atoms with Gasteiger partial charge in [-0.2, -0.15) is 5.10 Å². The van der Waals surface area contributed by atoms with E-state index in [1.165, 1.54) is 0 Å². The quantitative estimate of drug-likeness (QED) is 0.864. The summed E-state index contributed by atoms with van der Waals surface area (Å²) >= 11 is 1.63. The van der Waals surface area contributed by atoms with Crippen molar-refractivity contribution in [3.05, 3.63) is 39.8 Å². The number of aromatic carboxylic acids is 1. The minimum absolute atomic E-state index is 0.270. The number of carboxylic acid groups (broad SMARTS) is 1. The number of carbonyl (C=O) groups is 1. The highest BCUT2D eigenvalue weighted by atomic mass is 32.1. The number of hydrogen-bond acceptors (Lipinski definition) is 3. The Labute approximate surface area is 90.8 Å². The van der Waals surface area contributed by atoms with Crippen LogP contribution in [0.4, 0.5) is 0 Å². The minimum atomic E-state index is -0.926. The fraction of sp³-hybridized carbons (Fsp3) is 0.200. The maximum Gasteiger partial charge on any atom is 0.339 e. The zero-order valence-electron chi connectivity index (χ0n) is 8.17. The second-order valence-electron chi connectivity index (χ2n) is 3.21. The van der Waals surface area contributed by atoms with Crippen LogP contribution in [0, 0.1) is 6.92 Å². The molecule has 15 heavy (non-hydrogen) atoms. The third kappa shape index (κ3) is 2.07. The number of rotatable bonds is 3. The van der Waals surface area contributed by atoms with Crippen LogP contribution in [-0.4, -0.2) is 20.9 Å². The second kappa shape index (κ2) is 3.86. The van der Waals surface area contributed by atoms with Crippen molar-refractivity contribution in [2.75, 3.05) is 0 Å². The molecule has 0 aliphatic heterocycles. The maximum absolute atomic E-state index is 10.8. The highest BCUT2D eigenvalue weighted by molar-refractivity contribution is 7.09. The summed E-state index contributed by atoms with van der Waals surface area (Å²) in [5.41, 5.74) is 0.825. The van der Waals surface area contributed by atoms with E-state index in [0.29, 0.717) is 12.2 Å². The van der Waals surface area contributed by atoms with E-state index >= 15 is 0 Å². The van der Waals surface area contributed by atoms with Crippen LogP contribution < -0.4 is 0 Å². The average Bonchev–Trinajstić information content (AvgIpc) is 2.75. The van der Waals surface area contributed by atoms with Gasteiger partial charge in [-0.05, 0) is 18.4 Å². The molecule has 0 aliphatic rings. The summed E-state index contributed by atoms with van der Waals surface area (Å²) in [6.45, 7) is 2.33. The van der Waals surface area contributed by atoms with Gasteiger partial charge in [0.15, 0.2) is 0 Å². The molecule has 0 unspecified atom stereocenters. The predicted molar refractivity (Wildman–Crippen MR) is 57.3 cm³/mol. The molecule has 0 saturated carbocycles. The zero-order chi connectivity index (χ0) is 10.8. The SMILES string of the molecule is Cc1nn(Cc2cccs2)cc1C(=O)O. The fourth-order valence-electron chi connectivity index (χ4n) is 1.37. The highest BCUT2D eigenvalue weighted by Gasteiger charge is 2.11. The van der Waals surface area contributed by atoms with Crippen LogP contribution in [0.25, 0.3) is 0 Å². The van der Waals surface area contributed by atoms with E-state index < -0.39 is 5.97 Å². The van der Waals surface area contributed by atoms with Crippen LogP contribution in [-0.2, 0) is 6.54 Å². The van der Waals surface area contributed by atoms with Crippen LogP contribution in [0.1, 0.15) is 20.9 Å². The lowest BCUT2D eigenvalue weighted by molar-refractivity contribution is 0.0696. The highest BCUT2D eigenvalue weighted by Crippen LogP contribution is 2.12. The molecule has 0 saturated heterocycles. The molecular formula is C10H10N2O2S. The number of carboxylic acids is 1. The van der Waals surface area contributed by atoms with Crippen molar-refractivity contribution in [2.45, 2.75) is 13.5 Å². The Bertz CT molecular complexity index is 474. The van der Waals surface area contributed by atoms with Crippen molar-refractivity contribution in [1.29, 1.82) is 0 Å². The van der Waals surface area contributed by atoms with Gasteiger partial charge in [-0.25, -0.2) is 4.79 Å². The van der Waals surface area contributed by atoms with Gasteiger partial charge in [-0.1, -0.05) is 6.07 Å². The Morgan fingerprint density at radius 1 is 1.67 bits per heavy atom. The van der Waals surface area contributed by atoms with Crippen LogP contribution >= 0.6 is 11.3 Å². The molecular weight excluding hydrogens is 212 g/mol. The van der Waals surface area contributed by atoms with E-state index in [-0.39, 0.29) is 5.56 Å². The summed E-state index contributed by atoms with van der Waals surface area (Å²) in [5.74, 6) is -0.926. The second-order valence-corrected chi connectivity index (χ2v) is 4.24. The van der Waals surface area contributed by atoms with E-state index in [1.807, 2.05) is 17.5 Å². The Hall–Kier alpha value is -1.62. The lowest BCUT2D eigenvalue weighted by Gasteiger charge is -1.96. The molecule has 2 heterocycles. The first-order chi connectivity index (χ1) is 7.16. The topological polar surface area (TPSA) is 55.1 Å². The van der Waals surface area contributed by atoms with Gasteiger partial charge in [-0.3, -0.25) is 4.68 Å². The first-order valence-electron chi connectivity index (χ1n) is 4.46. The van der Waals surface area contributed by atoms with Gasteiger partial charge in [-0.15, -0.1) is 11.3 Å². The van der Waals surface area contributed by atoms with Gasteiger partial charge in [0.1, 0.15) is 5.56 Å². The van der Waals surface area contributed by atoms with Crippen molar-refractivity contribution in [3.63, 3.8) is 0 Å². The zero-order valence-corrected chi connectivity index (χ0v) is 8.99. The van der Waals surface area contributed by atoms with E-state index in [2.05, 4.69) is 5.10 Å². The smallest absolute Gasteiger partial charge is 0.339 e. The molecule has 0 aliphatic carbocycles. The molecule has 1 N–H and O–H groups in total. The number of aromatic nitrogens is 2. The third-order valence-corrected chi connectivity index (χ3v) is 2.94. The van der Waals surface area contributed by atoms with E-state index in [0.717, 1.165) is 4.88 Å². The summed E-state index contributed by atoms with van der Waals surface area (Å²) in [6, 6.07) is 3.97. The molecule has 2 aromatic heterocycles. The summed E-state index contributed by atoms with van der Waals surface area (Å²) in [5, 5.41) is 15.0. The number of hydrogen-bond donors (Lipinski definition) is 1. The number of nitrogens with zero attached hydrogens (tertiary/aromatic N) is 2. The molecule has 0 amide bonds. The van der Waals surface area contributed by atoms with Crippen molar-refractivity contribution < 1.29 is 9.90 Å². The fourth-order valence-corrected chi connectivity index (χ4v) is 2.07. The lowest BCUT2D eigenvalue weighted by atomic mass is 10.3. The van der Waals surface area contributed by atoms with Crippen molar-refractivity contribution in [2.24, 2.45) is 0 Å². The normalized spacial score (nSPS) is 10.5. The standard InChI is InChI=1S/C10H10N2O2S/c1-7-9(10(13)14)6-12(11-7)5-8-3-2-4-15-8/h2-4,6H,5H2,1H3,(H,13,14). The third-order valence-electron chi connectivity index (χ3n) is 2.07. The molecule has 0 atom stereocenters. The average molecular weight is 222 g/mol. The van der Waals surface area contributed by atoms with Crippen LogP contribution in [0.15, 0.2) is 23.7 Å². The van der Waals surface area contributed by atoms with Crippen molar-refractivity contribution >= 4 is 17.3 Å². The molecule has 0 radical (unpaired) electrons.